The lowest BCUT2D eigenvalue weighted by atomic mass is 10.00. The van der Waals surface area contributed by atoms with Crippen molar-refractivity contribution in [1.29, 1.82) is 0 Å². The molecule has 0 N–H and O–H groups in total. The summed E-state index contributed by atoms with van der Waals surface area (Å²) in [6.45, 7) is 5.51. The fraction of sp³-hybridized carbons (Fsp3) is 0.632. The number of hydrogen-bond donors (Lipinski definition) is 0. The lowest BCUT2D eigenvalue weighted by Gasteiger charge is -2.39. The summed E-state index contributed by atoms with van der Waals surface area (Å²) in [5.74, 6) is 0.387. The molecule has 2 saturated heterocycles. The number of amides is 1. The standard InChI is InChI=1S/C19H23BrF3NO3/c1-18(2,3)27-17(25)24-12-5-6-13(24)10-14(9-12)26-16-7-4-11(8-15(16)20)19(21,22)23/h4,7-8,12-14H,5-6,9-10H2,1-3H3. The SMILES string of the molecule is CC(C)(C)OC(=O)N1C2CCC1CC(Oc1ccc(C(F)(F)F)cc1Br)C2. The summed E-state index contributed by atoms with van der Waals surface area (Å²) in [4.78, 5) is 14.3. The van der Waals surface area contributed by atoms with Crippen molar-refractivity contribution in [1.82, 2.24) is 4.90 Å². The molecule has 2 atom stereocenters. The molecule has 0 saturated carbocycles. The number of carbonyl (C=O) groups excluding carboxylic acids is 1. The molecule has 2 aliphatic rings. The number of nitrogens with zero attached hydrogens (tertiary/aromatic N) is 1. The molecule has 2 unspecified atom stereocenters. The van der Waals surface area contributed by atoms with Crippen molar-refractivity contribution in [2.45, 2.75) is 76.4 Å². The van der Waals surface area contributed by atoms with Crippen LogP contribution in [0.15, 0.2) is 22.7 Å². The summed E-state index contributed by atoms with van der Waals surface area (Å²) < 4.78 is 50.1. The minimum absolute atomic E-state index is 0.0387. The van der Waals surface area contributed by atoms with Crippen LogP contribution in [0.4, 0.5) is 18.0 Å². The van der Waals surface area contributed by atoms with Gasteiger partial charge in [-0.2, -0.15) is 13.2 Å². The third kappa shape index (κ3) is 4.70. The number of rotatable bonds is 2. The van der Waals surface area contributed by atoms with E-state index in [1.807, 2.05) is 25.7 Å². The Morgan fingerprint density at radius 3 is 2.22 bits per heavy atom. The highest BCUT2D eigenvalue weighted by molar-refractivity contribution is 9.10. The average molecular weight is 450 g/mol. The Bertz CT molecular complexity index is 703. The Kier molecular flexibility index (Phi) is 5.40. The highest BCUT2D eigenvalue weighted by Gasteiger charge is 2.45. The summed E-state index contributed by atoms with van der Waals surface area (Å²) in [6.07, 6.45) is -1.78. The Balaban J connectivity index is 1.66. The molecular weight excluding hydrogens is 427 g/mol. The molecular formula is C19H23BrF3NO3. The number of halogens is 4. The molecule has 27 heavy (non-hydrogen) atoms. The van der Waals surface area contributed by atoms with E-state index in [4.69, 9.17) is 9.47 Å². The van der Waals surface area contributed by atoms with Crippen LogP contribution in [0.2, 0.25) is 0 Å². The first-order valence-electron chi connectivity index (χ1n) is 8.99. The molecule has 0 aliphatic carbocycles. The Morgan fingerprint density at radius 1 is 1.15 bits per heavy atom. The van der Waals surface area contributed by atoms with Crippen LogP contribution in [0.25, 0.3) is 0 Å². The summed E-state index contributed by atoms with van der Waals surface area (Å²) >= 11 is 3.17. The van der Waals surface area contributed by atoms with Gasteiger partial charge >= 0.3 is 12.3 Å². The first kappa shape index (κ1) is 20.3. The maximum atomic E-state index is 12.8. The minimum Gasteiger partial charge on any atom is -0.489 e. The molecule has 2 bridgehead atoms. The second-order valence-corrected chi connectivity index (χ2v) is 8.98. The lowest BCUT2D eigenvalue weighted by Crippen LogP contribution is -2.50. The molecule has 2 aliphatic heterocycles. The van der Waals surface area contributed by atoms with E-state index in [9.17, 15) is 18.0 Å². The summed E-state index contributed by atoms with van der Waals surface area (Å²) in [6, 6.07) is 3.47. The molecule has 0 radical (unpaired) electrons. The van der Waals surface area contributed by atoms with Crippen LogP contribution in [0.3, 0.4) is 0 Å². The fourth-order valence-corrected chi connectivity index (χ4v) is 4.26. The van der Waals surface area contributed by atoms with Crippen LogP contribution < -0.4 is 4.74 Å². The van der Waals surface area contributed by atoms with Gasteiger partial charge in [-0.3, -0.25) is 0 Å². The number of carbonyl (C=O) groups is 1. The van der Waals surface area contributed by atoms with E-state index in [1.165, 1.54) is 6.07 Å². The zero-order chi connectivity index (χ0) is 20.0. The van der Waals surface area contributed by atoms with Crippen LogP contribution in [0, 0.1) is 0 Å². The molecule has 2 heterocycles. The van der Waals surface area contributed by atoms with E-state index < -0.39 is 17.3 Å². The van der Waals surface area contributed by atoms with Crippen molar-refractivity contribution in [3.8, 4) is 5.75 Å². The van der Waals surface area contributed by atoms with E-state index in [0.29, 0.717) is 18.6 Å². The van der Waals surface area contributed by atoms with Gasteiger partial charge in [-0.15, -0.1) is 0 Å². The highest BCUT2D eigenvalue weighted by Crippen LogP contribution is 2.40. The van der Waals surface area contributed by atoms with Crippen molar-refractivity contribution in [3.63, 3.8) is 0 Å². The van der Waals surface area contributed by atoms with Gasteiger partial charge in [-0.1, -0.05) is 0 Å². The van der Waals surface area contributed by atoms with Crippen molar-refractivity contribution < 1.29 is 27.4 Å². The second kappa shape index (κ2) is 7.18. The number of hydrogen-bond acceptors (Lipinski definition) is 3. The van der Waals surface area contributed by atoms with Crippen LogP contribution in [-0.2, 0) is 10.9 Å². The Labute approximate surface area is 165 Å². The van der Waals surface area contributed by atoms with Gasteiger partial charge in [0.05, 0.1) is 10.0 Å². The van der Waals surface area contributed by atoms with Gasteiger partial charge in [0.1, 0.15) is 17.5 Å². The van der Waals surface area contributed by atoms with Crippen molar-refractivity contribution in [3.05, 3.63) is 28.2 Å². The summed E-state index contributed by atoms with van der Waals surface area (Å²) in [5.41, 5.74) is -1.27. The topological polar surface area (TPSA) is 38.8 Å². The number of piperidine rings is 1. The predicted octanol–water partition coefficient (Wildman–Crippen LogP) is 5.78. The zero-order valence-corrected chi connectivity index (χ0v) is 17.1. The molecule has 0 aromatic heterocycles. The van der Waals surface area contributed by atoms with Gasteiger partial charge in [0.2, 0.25) is 0 Å². The van der Waals surface area contributed by atoms with Gasteiger partial charge in [0.15, 0.2) is 0 Å². The number of benzene rings is 1. The average Bonchev–Trinajstić information content (AvgIpc) is 2.78. The maximum Gasteiger partial charge on any atom is 0.416 e. The van der Waals surface area contributed by atoms with E-state index in [0.717, 1.165) is 25.0 Å². The van der Waals surface area contributed by atoms with Gasteiger partial charge in [0, 0.05) is 24.9 Å². The first-order chi connectivity index (χ1) is 12.4. The van der Waals surface area contributed by atoms with E-state index in [-0.39, 0.29) is 28.8 Å². The quantitative estimate of drug-likeness (QED) is 0.574. The van der Waals surface area contributed by atoms with Gasteiger partial charge in [-0.25, -0.2) is 4.79 Å². The van der Waals surface area contributed by atoms with Gasteiger partial charge in [0.25, 0.3) is 0 Å². The van der Waals surface area contributed by atoms with Crippen molar-refractivity contribution in [2.75, 3.05) is 0 Å². The largest absolute Gasteiger partial charge is 0.489 e. The van der Waals surface area contributed by atoms with E-state index >= 15 is 0 Å². The molecule has 2 fully saturated rings. The molecule has 0 spiro atoms. The first-order valence-corrected chi connectivity index (χ1v) is 9.78. The molecule has 1 amide bonds. The Morgan fingerprint density at radius 2 is 1.74 bits per heavy atom. The minimum atomic E-state index is -4.39. The molecule has 1 aromatic rings. The Hall–Kier alpha value is -1.44. The summed E-state index contributed by atoms with van der Waals surface area (Å²) in [5, 5.41) is 0. The van der Waals surface area contributed by atoms with Gasteiger partial charge in [-0.05, 0) is 67.7 Å². The van der Waals surface area contributed by atoms with Crippen molar-refractivity contribution in [2.24, 2.45) is 0 Å². The molecule has 1 aromatic carbocycles. The normalized spacial score (nSPS) is 25.4. The summed E-state index contributed by atoms with van der Waals surface area (Å²) in [7, 11) is 0. The number of fused-ring (bicyclic) bond motifs is 2. The lowest BCUT2D eigenvalue weighted by molar-refractivity contribution is -0.137. The van der Waals surface area contributed by atoms with Crippen LogP contribution in [0.1, 0.15) is 52.0 Å². The molecule has 8 heteroatoms. The highest BCUT2D eigenvalue weighted by atomic mass is 79.9. The van der Waals surface area contributed by atoms with Crippen LogP contribution >= 0.6 is 15.9 Å². The van der Waals surface area contributed by atoms with Gasteiger partial charge < -0.3 is 14.4 Å². The zero-order valence-electron chi connectivity index (χ0n) is 15.5. The third-order valence-electron chi connectivity index (χ3n) is 4.85. The van der Waals surface area contributed by atoms with Crippen LogP contribution in [-0.4, -0.2) is 34.8 Å². The molecule has 150 valence electrons. The molecule has 4 nitrogen and oxygen atoms in total. The third-order valence-corrected chi connectivity index (χ3v) is 5.47. The smallest absolute Gasteiger partial charge is 0.416 e. The second-order valence-electron chi connectivity index (χ2n) is 8.13. The monoisotopic (exact) mass is 449 g/mol. The van der Waals surface area contributed by atoms with Crippen LogP contribution in [0.5, 0.6) is 5.75 Å². The maximum absolute atomic E-state index is 12.8. The van der Waals surface area contributed by atoms with E-state index in [1.54, 1.807) is 0 Å². The van der Waals surface area contributed by atoms with E-state index in [2.05, 4.69) is 15.9 Å². The van der Waals surface area contributed by atoms with Crippen molar-refractivity contribution >= 4 is 22.0 Å². The molecule has 3 rings (SSSR count). The fourth-order valence-electron chi connectivity index (χ4n) is 3.79. The number of alkyl halides is 3. The predicted molar refractivity (Wildman–Crippen MR) is 97.7 cm³/mol. The number of ether oxygens (including phenoxy) is 2.